The molecule has 0 unspecified atom stereocenters. The first kappa shape index (κ1) is 10.7. The number of anilines is 2. The largest absolute Gasteiger partial charge is 0.507 e. The highest BCUT2D eigenvalue weighted by Gasteiger charge is 2.05. The summed E-state index contributed by atoms with van der Waals surface area (Å²) in [6, 6.07) is 21.4. The number of phenolic OH excluding ortho intramolecular Hbond substituents is 1. The van der Waals surface area contributed by atoms with E-state index in [4.69, 9.17) is 0 Å². The van der Waals surface area contributed by atoms with Gasteiger partial charge in [0.1, 0.15) is 5.75 Å². The van der Waals surface area contributed by atoms with E-state index in [1.807, 2.05) is 60.7 Å². The molecule has 88 valence electrons. The molecule has 0 aliphatic carbocycles. The van der Waals surface area contributed by atoms with Gasteiger partial charge in [-0.15, -0.1) is 0 Å². The van der Waals surface area contributed by atoms with Gasteiger partial charge >= 0.3 is 0 Å². The third-order valence-electron chi connectivity index (χ3n) is 2.94. The van der Waals surface area contributed by atoms with Crippen LogP contribution in [0.2, 0.25) is 0 Å². The van der Waals surface area contributed by atoms with Crippen molar-refractivity contribution in [2.75, 3.05) is 5.32 Å². The number of hydrogen-bond acceptors (Lipinski definition) is 2. The molecule has 0 aromatic heterocycles. The first-order valence-electron chi connectivity index (χ1n) is 5.87. The number of fused-ring (bicyclic) bond motifs is 1. The van der Waals surface area contributed by atoms with Crippen LogP contribution in [0.25, 0.3) is 10.8 Å². The summed E-state index contributed by atoms with van der Waals surface area (Å²) in [6.07, 6.45) is 0. The summed E-state index contributed by atoms with van der Waals surface area (Å²) in [5.74, 6) is 0.298. The predicted molar refractivity (Wildman–Crippen MR) is 75.3 cm³/mol. The first-order chi connectivity index (χ1) is 8.84. The third kappa shape index (κ3) is 1.89. The van der Waals surface area contributed by atoms with E-state index in [2.05, 4.69) is 5.32 Å². The average molecular weight is 235 g/mol. The van der Waals surface area contributed by atoms with Crippen molar-refractivity contribution in [3.8, 4) is 5.75 Å². The van der Waals surface area contributed by atoms with Gasteiger partial charge in [-0.05, 0) is 29.7 Å². The van der Waals surface area contributed by atoms with Gasteiger partial charge in [0, 0.05) is 11.1 Å². The Morgan fingerprint density at radius 3 is 2.22 bits per heavy atom. The number of aromatic hydroxyl groups is 1. The van der Waals surface area contributed by atoms with Gasteiger partial charge in [0.15, 0.2) is 0 Å². The molecule has 3 aromatic rings. The summed E-state index contributed by atoms with van der Waals surface area (Å²) in [5, 5.41) is 15.2. The van der Waals surface area contributed by atoms with Gasteiger partial charge in [0.2, 0.25) is 0 Å². The molecule has 2 N–H and O–H groups in total. The minimum absolute atomic E-state index is 0.298. The van der Waals surface area contributed by atoms with Crippen LogP contribution in [0, 0.1) is 0 Å². The van der Waals surface area contributed by atoms with Gasteiger partial charge in [-0.25, -0.2) is 0 Å². The molecule has 18 heavy (non-hydrogen) atoms. The molecule has 2 nitrogen and oxygen atoms in total. The molecule has 3 aromatic carbocycles. The molecule has 0 heterocycles. The maximum absolute atomic E-state index is 9.99. The topological polar surface area (TPSA) is 32.3 Å². The molecule has 0 atom stereocenters. The van der Waals surface area contributed by atoms with E-state index >= 15 is 0 Å². The van der Waals surface area contributed by atoms with E-state index < -0.39 is 0 Å². The molecule has 2 heteroatoms. The lowest BCUT2D eigenvalue weighted by Gasteiger charge is -2.10. The van der Waals surface area contributed by atoms with E-state index in [-0.39, 0.29) is 0 Å². The number of para-hydroxylation sites is 1. The molecule has 0 bridgehead atoms. The number of benzene rings is 3. The van der Waals surface area contributed by atoms with Crippen LogP contribution in [0.1, 0.15) is 0 Å². The van der Waals surface area contributed by atoms with Crippen molar-refractivity contribution in [1.82, 2.24) is 0 Å². The summed E-state index contributed by atoms with van der Waals surface area (Å²) in [6.45, 7) is 0. The van der Waals surface area contributed by atoms with Crippen molar-refractivity contribution in [1.29, 1.82) is 0 Å². The van der Waals surface area contributed by atoms with Crippen LogP contribution < -0.4 is 5.32 Å². The van der Waals surface area contributed by atoms with Crippen molar-refractivity contribution >= 4 is 22.1 Å². The smallest absolute Gasteiger partial charge is 0.125 e. The molecule has 0 aliphatic rings. The molecule has 0 saturated heterocycles. The molecular weight excluding hydrogens is 222 g/mol. The molecule has 0 fully saturated rings. The van der Waals surface area contributed by atoms with Crippen LogP contribution in [0.4, 0.5) is 11.4 Å². The fourth-order valence-electron chi connectivity index (χ4n) is 2.10. The normalized spacial score (nSPS) is 10.4. The van der Waals surface area contributed by atoms with Crippen LogP contribution in [0.3, 0.4) is 0 Å². The minimum Gasteiger partial charge on any atom is -0.507 e. The van der Waals surface area contributed by atoms with Gasteiger partial charge < -0.3 is 10.4 Å². The highest BCUT2D eigenvalue weighted by atomic mass is 16.3. The molecule has 0 amide bonds. The average Bonchev–Trinajstić information content (AvgIpc) is 2.40. The molecular formula is C16H13NO. The molecule has 0 spiro atoms. The van der Waals surface area contributed by atoms with Gasteiger partial charge in [-0.1, -0.05) is 42.5 Å². The van der Waals surface area contributed by atoms with Crippen LogP contribution in [0.15, 0.2) is 66.7 Å². The standard InChI is InChI=1S/C16H13NO/c18-15-11-5-7-12-6-4-10-14(16(12)15)17-13-8-2-1-3-9-13/h1-11,17-18H. The maximum Gasteiger partial charge on any atom is 0.125 e. The fraction of sp³-hybridized carbons (Fsp3) is 0. The zero-order valence-corrected chi connectivity index (χ0v) is 9.80. The lowest BCUT2D eigenvalue weighted by molar-refractivity contribution is 0.482. The number of phenols is 1. The summed E-state index contributed by atoms with van der Waals surface area (Å²) < 4.78 is 0. The van der Waals surface area contributed by atoms with Gasteiger partial charge in [0.05, 0.1) is 5.69 Å². The summed E-state index contributed by atoms with van der Waals surface area (Å²) >= 11 is 0. The lowest BCUT2D eigenvalue weighted by Crippen LogP contribution is -1.91. The highest BCUT2D eigenvalue weighted by Crippen LogP contribution is 2.32. The van der Waals surface area contributed by atoms with E-state index in [0.29, 0.717) is 5.75 Å². The Morgan fingerprint density at radius 2 is 1.44 bits per heavy atom. The molecule has 3 rings (SSSR count). The van der Waals surface area contributed by atoms with Crippen molar-refractivity contribution in [3.63, 3.8) is 0 Å². The second-order valence-electron chi connectivity index (χ2n) is 4.17. The fourth-order valence-corrected chi connectivity index (χ4v) is 2.10. The number of hydrogen-bond donors (Lipinski definition) is 2. The SMILES string of the molecule is Oc1cccc2cccc(Nc3ccccc3)c12. The predicted octanol–water partition coefficient (Wildman–Crippen LogP) is 4.29. The van der Waals surface area contributed by atoms with Crippen molar-refractivity contribution in [2.45, 2.75) is 0 Å². The van der Waals surface area contributed by atoms with Gasteiger partial charge in [0.25, 0.3) is 0 Å². The van der Waals surface area contributed by atoms with Crippen LogP contribution in [-0.2, 0) is 0 Å². The van der Waals surface area contributed by atoms with Crippen molar-refractivity contribution in [3.05, 3.63) is 66.7 Å². The maximum atomic E-state index is 9.99. The highest BCUT2D eigenvalue weighted by molar-refractivity contribution is 5.99. The van der Waals surface area contributed by atoms with E-state index in [0.717, 1.165) is 22.1 Å². The Kier molecular flexibility index (Phi) is 2.61. The summed E-state index contributed by atoms with van der Waals surface area (Å²) in [4.78, 5) is 0. The van der Waals surface area contributed by atoms with E-state index in [1.54, 1.807) is 6.07 Å². The van der Waals surface area contributed by atoms with E-state index in [9.17, 15) is 5.11 Å². The minimum atomic E-state index is 0.298. The Balaban J connectivity index is 2.12. The number of nitrogens with one attached hydrogen (secondary N) is 1. The van der Waals surface area contributed by atoms with Crippen LogP contribution >= 0.6 is 0 Å². The Morgan fingerprint density at radius 1 is 0.722 bits per heavy atom. The third-order valence-corrected chi connectivity index (χ3v) is 2.94. The van der Waals surface area contributed by atoms with Crippen LogP contribution in [0.5, 0.6) is 5.75 Å². The lowest BCUT2D eigenvalue weighted by atomic mass is 10.1. The molecule has 0 radical (unpaired) electrons. The van der Waals surface area contributed by atoms with Crippen LogP contribution in [-0.4, -0.2) is 5.11 Å². The first-order valence-corrected chi connectivity index (χ1v) is 5.87. The number of rotatable bonds is 2. The van der Waals surface area contributed by atoms with Crippen molar-refractivity contribution < 1.29 is 5.11 Å². The molecule has 0 saturated carbocycles. The second-order valence-corrected chi connectivity index (χ2v) is 4.17. The zero-order valence-electron chi connectivity index (χ0n) is 9.80. The van der Waals surface area contributed by atoms with Gasteiger partial charge in [-0.2, -0.15) is 0 Å². The second kappa shape index (κ2) is 4.41. The van der Waals surface area contributed by atoms with Gasteiger partial charge in [-0.3, -0.25) is 0 Å². The Bertz CT molecular complexity index is 672. The zero-order chi connectivity index (χ0) is 12.4. The van der Waals surface area contributed by atoms with Crippen molar-refractivity contribution in [2.24, 2.45) is 0 Å². The summed E-state index contributed by atoms with van der Waals surface area (Å²) in [5.41, 5.74) is 1.92. The monoisotopic (exact) mass is 235 g/mol. The Hall–Kier alpha value is -2.48. The van der Waals surface area contributed by atoms with E-state index in [1.165, 1.54) is 0 Å². The summed E-state index contributed by atoms with van der Waals surface area (Å²) in [7, 11) is 0. The Labute approximate surface area is 106 Å². The molecule has 0 aliphatic heterocycles. The quantitative estimate of drug-likeness (QED) is 0.694.